The molecular weight excluding hydrogens is 200 g/mol. The summed E-state index contributed by atoms with van der Waals surface area (Å²) >= 11 is 0. The van der Waals surface area contributed by atoms with E-state index in [2.05, 4.69) is 4.74 Å². The Balaban J connectivity index is 2.56. The van der Waals surface area contributed by atoms with Crippen molar-refractivity contribution in [2.24, 2.45) is 5.92 Å². The first-order chi connectivity index (χ1) is 6.79. The van der Waals surface area contributed by atoms with Gasteiger partial charge in [0, 0.05) is 0 Å². The molecule has 0 aliphatic carbocycles. The summed E-state index contributed by atoms with van der Waals surface area (Å²) in [6.07, 6.45) is -1.23. The molecule has 1 rings (SSSR count). The third-order valence-corrected chi connectivity index (χ3v) is 1.94. The Morgan fingerprint density at radius 3 is 2.53 bits per heavy atom. The molecular formula is C10H16O5. The van der Waals surface area contributed by atoms with Crippen molar-refractivity contribution >= 4 is 12.1 Å². The number of carbonyl (C=O) groups is 2. The van der Waals surface area contributed by atoms with Crippen molar-refractivity contribution < 1.29 is 23.8 Å². The van der Waals surface area contributed by atoms with Crippen LogP contribution in [0.4, 0.5) is 4.79 Å². The Bertz CT molecular complexity index is 265. The predicted octanol–water partition coefficient (Wildman–Crippen LogP) is 1.50. The summed E-state index contributed by atoms with van der Waals surface area (Å²) in [5, 5.41) is 0. The fourth-order valence-corrected chi connectivity index (χ4v) is 1.20. The molecule has 0 aromatic carbocycles. The van der Waals surface area contributed by atoms with Crippen LogP contribution in [0.3, 0.4) is 0 Å². The van der Waals surface area contributed by atoms with Gasteiger partial charge in [-0.05, 0) is 27.7 Å². The van der Waals surface area contributed by atoms with Crippen molar-refractivity contribution in [1.29, 1.82) is 0 Å². The van der Waals surface area contributed by atoms with E-state index in [0.717, 1.165) is 0 Å². The van der Waals surface area contributed by atoms with Gasteiger partial charge in [-0.15, -0.1) is 0 Å². The van der Waals surface area contributed by atoms with Gasteiger partial charge in [-0.2, -0.15) is 0 Å². The first kappa shape index (κ1) is 11.8. The van der Waals surface area contributed by atoms with Gasteiger partial charge in [0.25, 0.3) is 0 Å². The van der Waals surface area contributed by atoms with Gasteiger partial charge in [-0.1, -0.05) is 0 Å². The molecule has 0 saturated carbocycles. The standard InChI is InChI=1S/C10H16O5/c1-6-7(5-13-9(12)14-6)8(11)15-10(2,3)4/h6-7H,5H2,1-4H3/t6-,7-/m1/s1. The summed E-state index contributed by atoms with van der Waals surface area (Å²) in [5.74, 6) is -0.940. The maximum Gasteiger partial charge on any atom is 0.508 e. The lowest BCUT2D eigenvalue weighted by Gasteiger charge is -2.29. The van der Waals surface area contributed by atoms with Gasteiger partial charge in [0.05, 0.1) is 0 Å². The van der Waals surface area contributed by atoms with Crippen LogP contribution in [-0.4, -0.2) is 30.4 Å². The number of rotatable bonds is 1. The van der Waals surface area contributed by atoms with Crippen molar-refractivity contribution in [1.82, 2.24) is 0 Å². The zero-order chi connectivity index (χ0) is 11.6. The summed E-state index contributed by atoms with van der Waals surface area (Å²) in [4.78, 5) is 22.4. The molecule has 0 N–H and O–H groups in total. The number of hydrogen-bond acceptors (Lipinski definition) is 5. The third-order valence-electron chi connectivity index (χ3n) is 1.94. The molecule has 0 aromatic heterocycles. The summed E-state index contributed by atoms with van der Waals surface area (Å²) in [6.45, 7) is 7.02. The lowest BCUT2D eigenvalue weighted by Crippen LogP contribution is -2.42. The molecule has 0 amide bonds. The van der Waals surface area contributed by atoms with Crippen LogP contribution < -0.4 is 0 Å². The van der Waals surface area contributed by atoms with Crippen LogP contribution in [0.15, 0.2) is 0 Å². The Hall–Kier alpha value is -1.26. The third kappa shape index (κ3) is 3.42. The second-order valence-corrected chi connectivity index (χ2v) is 4.52. The molecule has 0 spiro atoms. The van der Waals surface area contributed by atoms with Gasteiger partial charge >= 0.3 is 12.1 Å². The lowest BCUT2D eigenvalue weighted by atomic mass is 10.0. The Labute approximate surface area is 88.7 Å². The normalized spacial score (nSPS) is 26.5. The molecule has 1 aliphatic heterocycles. The molecule has 0 radical (unpaired) electrons. The van der Waals surface area contributed by atoms with Crippen LogP contribution >= 0.6 is 0 Å². The summed E-state index contributed by atoms with van der Waals surface area (Å²) in [5.41, 5.74) is -0.543. The van der Waals surface area contributed by atoms with Gasteiger partial charge in [-0.25, -0.2) is 4.79 Å². The highest BCUT2D eigenvalue weighted by Gasteiger charge is 2.37. The van der Waals surface area contributed by atoms with E-state index < -0.39 is 29.7 Å². The first-order valence-electron chi connectivity index (χ1n) is 4.86. The monoisotopic (exact) mass is 216 g/mol. The molecule has 1 fully saturated rings. The SMILES string of the molecule is C[C@H]1OC(=O)OC[C@H]1C(=O)OC(C)(C)C. The second kappa shape index (κ2) is 4.08. The summed E-state index contributed by atoms with van der Waals surface area (Å²) in [7, 11) is 0. The molecule has 15 heavy (non-hydrogen) atoms. The van der Waals surface area contributed by atoms with E-state index in [-0.39, 0.29) is 6.61 Å². The number of esters is 1. The number of hydrogen-bond donors (Lipinski definition) is 0. The van der Waals surface area contributed by atoms with Crippen LogP contribution in [0.25, 0.3) is 0 Å². The van der Waals surface area contributed by atoms with Crippen LogP contribution in [0, 0.1) is 5.92 Å². The fraction of sp³-hybridized carbons (Fsp3) is 0.800. The highest BCUT2D eigenvalue weighted by molar-refractivity contribution is 5.75. The van der Waals surface area contributed by atoms with E-state index >= 15 is 0 Å². The molecule has 2 atom stereocenters. The van der Waals surface area contributed by atoms with Crippen LogP contribution in [0.1, 0.15) is 27.7 Å². The van der Waals surface area contributed by atoms with Crippen LogP contribution in [0.5, 0.6) is 0 Å². The van der Waals surface area contributed by atoms with E-state index in [0.29, 0.717) is 0 Å². The molecule has 0 unspecified atom stereocenters. The van der Waals surface area contributed by atoms with Gasteiger partial charge in [0.2, 0.25) is 0 Å². The quantitative estimate of drug-likeness (QED) is 0.621. The minimum atomic E-state index is -0.734. The van der Waals surface area contributed by atoms with E-state index in [1.54, 1.807) is 27.7 Å². The van der Waals surface area contributed by atoms with Crippen LogP contribution in [0.2, 0.25) is 0 Å². The fourth-order valence-electron chi connectivity index (χ4n) is 1.20. The Morgan fingerprint density at radius 2 is 2.07 bits per heavy atom. The molecule has 1 aliphatic rings. The smallest absolute Gasteiger partial charge is 0.460 e. The highest BCUT2D eigenvalue weighted by Crippen LogP contribution is 2.20. The number of ether oxygens (including phenoxy) is 3. The number of cyclic esters (lactones) is 2. The lowest BCUT2D eigenvalue weighted by molar-refractivity contribution is -0.170. The molecule has 1 saturated heterocycles. The van der Waals surface area contributed by atoms with Crippen molar-refractivity contribution in [3.8, 4) is 0 Å². The van der Waals surface area contributed by atoms with Gasteiger partial charge in [-0.3, -0.25) is 4.79 Å². The first-order valence-corrected chi connectivity index (χ1v) is 4.86. The minimum absolute atomic E-state index is 0.0227. The van der Waals surface area contributed by atoms with E-state index in [4.69, 9.17) is 9.47 Å². The molecule has 5 heteroatoms. The van der Waals surface area contributed by atoms with Crippen molar-refractivity contribution in [3.05, 3.63) is 0 Å². The molecule has 0 aromatic rings. The second-order valence-electron chi connectivity index (χ2n) is 4.52. The van der Waals surface area contributed by atoms with Gasteiger partial charge < -0.3 is 14.2 Å². The van der Waals surface area contributed by atoms with Crippen molar-refractivity contribution in [2.45, 2.75) is 39.4 Å². The molecule has 1 heterocycles. The van der Waals surface area contributed by atoms with Crippen LogP contribution in [-0.2, 0) is 19.0 Å². The predicted molar refractivity (Wildman–Crippen MR) is 51.2 cm³/mol. The molecule has 0 bridgehead atoms. The average Bonchev–Trinajstić information content (AvgIpc) is 1.99. The average molecular weight is 216 g/mol. The summed E-state index contributed by atoms with van der Waals surface area (Å²) in [6, 6.07) is 0. The largest absolute Gasteiger partial charge is 0.508 e. The zero-order valence-corrected chi connectivity index (χ0v) is 9.40. The number of carbonyl (C=O) groups excluding carboxylic acids is 2. The molecule has 5 nitrogen and oxygen atoms in total. The Morgan fingerprint density at radius 1 is 1.47 bits per heavy atom. The maximum atomic E-state index is 11.6. The van der Waals surface area contributed by atoms with Gasteiger partial charge in [0.1, 0.15) is 24.2 Å². The maximum absolute atomic E-state index is 11.6. The van der Waals surface area contributed by atoms with Crippen molar-refractivity contribution in [3.63, 3.8) is 0 Å². The van der Waals surface area contributed by atoms with Gasteiger partial charge in [0.15, 0.2) is 0 Å². The summed E-state index contributed by atoms with van der Waals surface area (Å²) < 4.78 is 14.6. The zero-order valence-electron chi connectivity index (χ0n) is 9.40. The van der Waals surface area contributed by atoms with Crippen molar-refractivity contribution in [2.75, 3.05) is 6.61 Å². The highest BCUT2D eigenvalue weighted by atomic mass is 16.7. The Kier molecular flexibility index (Phi) is 3.21. The topological polar surface area (TPSA) is 61.8 Å². The van der Waals surface area contributed by atoms with E-state index in [1.807, 2.05) is 0 Å². The minimum Gasteiger partial charge on any atom is -0.460 e. The van der Waals surface area contributed by atoms with E-state index in [9.17, 15) is 9.59 Å². The molecule has 86 valence electrons. The van der Waals surface area contributed by atoms with E-state index in [1.165, 1.54) is 0 Å².